The third-order valence-corrected chi connectivity index (χ3v) is 2.52. The molecule has 0 aliphatic carbocycles. The van der Waals surface area contributed by atoms with Crippen LogP contribution in [0.5, 0.6) is 0 Å². The maximum Gasteiger partial charge on any atom is 0.122 e. The van der Waals surface area contributed by atoms with Gasteiger partial charge < -0.3 is 9.30 Å². The predicted molar refractivity (Wildman–Crippen MR) is 58.6 cm³/mol. The lowest BCUT2D eigenvalue weighted by Gasteiger charge is -2.04. The average Bonchev–Trinajstić information content (AvgIpc) is 2.60. The summed E-state index contributed by atoms with van der Waals surface area (Å²) in [6.07, 6.45) is 1.99. The number of ether oxygens (including phenoxy) is 1. The molecule has 2 aromatic rings. The zero-order valence-corrected chi connectivity index (χ0v) is 8.79. The molecule has 1 aromatic carbocycles. The van der Waals surface area contributed by atoms with Gasteiger partial charge in [-0.2, -0.15) is 0 Å². The van der Waals surface area contributed by atoms with Crippen LogP contribution in [0.2, 0.25) is 5.02 Å². The normalized spacial score (nSPS) is 11.0. The highest BCUT2D eigenvalue weighted by molar-refractivity contribution is 6.35. The van der Waals surface area contributed by atoms with Gasteiger partial charge in [-0.3, -0.25) is 0 Å². The largest absolute Gasteiger partial charge is 0.361 e. The van der Waals surface area contributed by atoms with Crippen molar-refractivity contribution in [3.8, 4) is 0 Å². The van der Waals surface area contributed by atoms with E-state index >= 15 is 0 Å². The highest BCUT2D eigenvalue weighted by Crippen LogP contribution is 2.23. The van der Waals surface area contributed by atoms with Crippen molar-refractivity contribution in [3.05, 3.63) is 35.5 Å². The van der Waals surface area contributed by atoms with Gasteiger partial charge in [0.05, 0.1) is 5.52 Å². The number of fused-ring (bicyclic) bond motifs is 1. The summed E-state index contributed by atoms with van der Waals surface area (Å²) in [7, 11) is 0. The maximum atomic E-state index is 6.05. The zero-order valence-electron chi connectivity index (χ0n) is 8.03. The molecule has 0 unspecified atom stereocenters. The zero-order chi connectivity index (χ0) is 9.97. The Hall–Kier alpha value is -0.990. The van der Waals surface area contributed by atoms with Crippen LogP contribution < -0.4 is 0 Å². The van der Waals surface area contributed by atoms with E-state index in [1.54, 1.807) is 0 Å². The third kappa shape index (κ3) is 1.63. The Morgan fingerprint density at radius 1 is 1.36 bits per heavy atom. The molecule has 0 bridgehead atoms. The van der Waals surface area contributed by atoms with Crippen LogP contribution in [0.15, 0.2) is 30.5 Å². The molecule has 0 N–H and O–H groups in total. The van der Waals surface area contributed by atoms with E-state index in [0.29, 0.717) is 6.73 Å². The minimum atomic E-state index is 0.584. The second kappa shape index (κ2) is 4.03. The fourth-order valence-electron chi connectivity index (χ4n) is 1.49. The van der Waals surface area contributed by atoms with Gasteiger partial charge in [-0.05, 0) is 25.1 Å². The number of hydrogen-bond acceptors (Lipinski definition) is 1. The Morgan fingerprint density at radius 3 is 3.00 bits per heavy atom. The lowest BCUT2D eigenvalue weighted by atomic mass is 10.2. The van der Waals surface area contributed by atoms with Crippen molar-refractivity contribution in [2.45, 2.75) is 13.7 Å². The number of benzene rings is 1. The molecule has 2 rings (SSSR count). The molecule has 0 saturated carbocycles. The van der Waals surface area contributed by atoms with E-state index in [1.807, 2.05) is 42.0 Å². The van der Waals surface area contributed by atoms with Crippen LogP contribution in [0, 0.1) is 0 Å². The summed E-state index contributed by atoms with van der Waals surface area (Å²) in [4.78, 5) is 0. The van der Waals surface area contributed by atoms with Crippen LogP contribution in [-0.4, -0.2) is 11.2 Å². The fraction of sp³-hybridized carbons (Fsp3) is 0.273. The molecule has 14 heavy (non-hydrogen) atoms. The summed E-state index contributed by atoms with van der Waals surface area (Å²) in [6, 6.07) is 7.90. The molecule has 0 amide bonds. The Labute approximate surface area is 88.0 Å². The van der Waals surface area contributed by atoms with Crippen molar-refractivity contribution >= 4 is 22.5 Å². The first-order valence-corrected chi connectivity index (χ1v) is 5.02. The first-order valence-electron chi connectivity index (χ1n) is 4.64. The molecule has 0 fully saturated rings. The number of hydrogen-bond donors (Lipinski definition) is 0. The minimum absolute atomic E-state index is 0.584. The molecule has 0 radical (unpaired) electrons. The van der Waals surface area contributed by atoms with E-state index < -0.39 is 0 Å². The molecule has 74 valence electrons. The summed E-state index contributed by atoms with van der Waals surface area (Å²) < 4.78 is 7.39. The van der Waals surface area contributed by atoms with E-state index in [9.17, 15) is 0 Å². The molecule has 3 heteroatoms. The second-order valence-corrected chi connectivity index (χ2v) is 3.49. The highest BCUT2D eigenvalue weighted by atomic mass is 35.5. The van der Waals surface area contributed by atoms with Crippen molar-refractivity contribution in [2.75, 3.05) is 6.61 Å². The Balaban J connectivity index is 2.42. The Morgan fingerprint density at radius 2 is 2.21 bits per heavy atom. The number of halogens is 1. The van der Waals surface area contributed by atoms with E-state index in [2.05, 4.69) is 0 Å². The van der Waals surface area contributed by atoms with Gasteiger partial charge >= 0.3 is 0 Å². The molecular weight excluding hydrogens is 198 g/mol. The highest BCUT2D eigenvalue weighted by Gasteiger charge is 2.02. The SMILES string of the molecule is CCOCn1ccc2c(Cl)cccc21. The monoisotopic (exact) mass is 209 g/mol. The molecule has 1 heterocycles. The van der Waals surface area contributed by atoms with Crippen molar-refractivity contribution in [1.82, 2.24) is 4.57 Å². The quantitative estimate of drug-likeness (QED) is 0.757. The van der Waals surface area contributed by atoms with Crippen molar-refractivity contribution < 1.29 is 4.74 Å². The molecule has 0 saturated heterocycles. The van der Waals surface area contributed by atoms with Gasteiger partial charge in [-0.25, -0.2) is 0 Å². The molecule has 0 aliphatic rings. The number of nitrogens with zero attached hydrogens (tertiary/aromatic N) is 1. The van der Waals surface area contributed by atoms with Gasteiger partial charge in [0.2, 0.25) is 0 Å². The van der Waals surface area contributed by atoms with Crippen molar-refractivity contribution in [2.24, 2.45) is 0 Å². The standard InChI is InChI=1S/C11H12ClNO/c1-2-14-8-13-7-6-9-10(12)4-3-5-11(9)13/h3-7H,2,8H2,1H3. The van der Waals surface area contributed by atoms with Gasteiger partial charge in [0.25, 0.3) is 0 Å². The number of rotatable bonds is 3. The van der Waals surface area contributed by atoms with Crippen LogP contribution in [0.4, 0.5) is 0 Å². The van der Waals surface area contributed by atoms with Crippen molar-refractivity contribution in [1.29, 1.82) is 0 Å². The smallest absolute Gasteiger partial charge is 0.122 e. The molecule has 0 spiro atoms. The van der Waals surface area contributed by atoms with Crippen LogP contribution >= 0.6 is 11.6 Å². The van der Waals surface area contributed by atoms with Gasteiger partial charge in [-0.1, -0.05) is 17.7 Å². The van der Waals surface area contributed by atoms with Crippen LogP contribution in [-0.2, 0) is 11.5 Å². The minimum Gasteiger partial charge on any atom is -0.361 e. The first kappa shape index (κ1) is 9.56. The fourth-order valence-corrected chi connectivity index (χ4v) is 1.72. The Bertz CT molecular complexity index is 436. The molecular formula is C11H12ClNO. The van der Waals surface area contributed by atoms with Gasteiger partial charge in [0.1, 0.15) is 6.73 Å². The molecule has 0 aliphatic heterocycles. The summed E-state index contributed by atoms with van der Waals surface area (Å²) >= 11 is 6.05. The molecule has 2 nitrogen and oxygen atoms in total. The van der Waals surface area contributed by atoms with Gasteiger partial charge in [0.15, 0.2) is 0 Å². The van der Waals surface area contributed by atoms with E-state index in [0.717, 1.165) is 22.5 Å². The second-order valence-electron chi connectivity index (χ2n) is 3.08. The van der Waals surface area contributed by atoms with E-state index in [1.165, 1.54) is 0 Å². The summed E-state index contributed by atoms with van der Waals surface area (Å²) in [5, 5.41) is 1.87. The third-order valence-electron chi connectivity index (χ3n) is 2.19. The predicted octanol–water partition coefficient (Wildman–Crippen LogP) is 3.29. The number of aromatic nitrogens is 1. The van der Waals surface area contributed by atoms with Crippen molar-refractivity contribution in [3.63, 3.8) is 0 Å². The van der Waals surface area contributed by atoms with E-state index in [4.69, 9.17) is 16.3 Å². The lowest BCUT2D eigenvalue weighted by molar-refractivity contribution is 0.0909. The maximum absolute atomic E-state index is 6.05. The first-order chi connectivity index (χ1) is 6.83. The summed E-state index contributed by atoms with van der Waals surface area (Å²) in [5.41, 5.74) is 1.12. The summed E-state index contributed by atoms with van der Waals surface area (Å²) in [6.45, 7) is 3.29. The summed E-state index contributed by atoms with van der Waals surface area (Å²) in [5.74, 6) is 0. The van der Waals surface area contributed by atoms with Gasteiger partial charge in [0, 0.05) is 23.2 Å². The van der Waals surface area contributed by atoms with Crippen LogP contribution in [0.1, 0.15) is 6.92 Å². The van der Waals surface area contributed by atoms with E-state index in [-0.39, 0.29) is 0 Å². The van der Waals surface area contributed by atoms with Gasteiger partial charge in [-0.15, -0.1) is 0 Å². The molecule has 1 aromatic heterocycles. The average molecular weight is 210 g/mol. The lowest BCUT2D eigenvalue weighted by Crippen LogP contribution is -1.99. The topological polar surface area (TPSA) is 14.2 Å². The van der Waals surface area contributed by atoms with Crippen LogP contribution in [0.25, 0.3) is 10.9 Å². The Kier molecular flexibility index (Phi) is 2.75. The molecule has 0 atom stereocenters. The van der Waals surface area contributed by atoms with Crippen LogP contribution in [0.3, 0.4) is 0 Å².